The highest BCUT2D eigenvalue weighted by Crippen LogP contribution is 2.26. The molecule has 0 aliphatic carbocycles. The smallest absolute Gasteiger partial charge is 0.221 e. The summed E-state index contributed by atoms with van der Waals surface area (Å²) in [5.41, 5.74) is 2.90. The Hall–Kier alpha value is -4.23. The summed E-state index contributed by atoms with van der Waals surface area (Å²) in [6.45, 7) is 4.73. The van der Waals surface area contributed by atoms with Crippen LogP contribution < -0.4 is 0 Å². The Bertz CT molecular complexity index is 1360. The van der Waals surface area contributed by atoms with E-state index in [1.807, 2.05) is 74.5 Å². The van der Waals surface area contributed by atoms with Gasteiger partial charge in [0.05, 0.1) is 34.4 Å². The third-order valence-corrected chi connectivity index (χ3v) is 7.14. The number of rotatable bonds is 8. The predicted molar refractivity (Wildman–Crippen MR) is 147 cm³/mol. The summed E-state index contributed by atoms with van der Waals surface area (Å²) < 4.78 is 37.8. The molecule has 0 saturated carbocycles. The Labute approximate surface area is 217 Å². The molecule has 188 valence electrons. The third-order valence-electron chi connectivity index (χ3n) is 5.36. The lowest BCUT2D eigenvalue weighted by molar-refractivity contribution is 0.328. The molecule has 0 N–H and O–H groups in total. The van der Waals surface area contributed by atoms with Gasteiger partial charge in [-0.1, -0.05) is 36.4 Å². The van der Waals surface area contributed by atoms with E-state index in [1.54, 1.807) is 48.5 Å². The van der Waals surface area contributed by atoms with Crippen molar-refractivity contribution in [1.82, 2.24) is 0 Å². The van der Waals surface area contributed by atoms with Crippen molar-refractivity contribution < 1.29 is 17.9 Å². The van der Waals surface area contributed by atoms with Gasteiger partial charge in [0.2, 0.25) is 21.6 Å². The van der Waals surface area contributed by atoms with Crippen molar-refractivity contribution in [3.63, 3.8) is 0 Å². The summed E-state index contributed by atoms with van der Waals surface area (Å²) in [7, 11) is -3.71. The molecule has 7 heteroatoms. The van der Waals surface area contributed by atoms with Crippen molar-refractivity contribution in [2.45, 2.75) is 23.6 Å². The molecule has 0 heterocycles. The lowest BCUT2D eigenvalue weighted by Crippen LogP contribution is -2.06. The summed E-state index contributed by atoms with van der Waals surface area (Å²) >= 11 is 0. The van der Waals surface area contributed by atoms with Crippen LogP contribution in [-0.2, 0) is 19.3 Å². The highest BCUT2D eigenvalue weighted by molar-refractivity contribution is 7.91. The maximum atomic E-state index is 13.2. The molecule has 0 bridgehead atoms. The minimum absolute atomic E-state index is 0.180. The molecule has 0 spiro atoms. The Morgan fingerprint density at radius 3 is 1.24 bits per heavy atom. The molecule has 4 aromatic carbocycles. The molecule has 0 unspecified atom stereocenters. The second-order valence-electron chi connectivity index (χ2n) is 7.92. The normalized spacial score (nSPS) is 12.3. The van der Waals surface area contributed by atoms with Gasteiger partial charge in [0, 0.05) is 11.1 Å². The molecular weight excluding hydrogens is 484 g/mol. The first-order valence-electron chi connectivity index (χ1n) is 12.0. The van der Waals surface area contributed by atoms with Crippen LogP contribution in [0.3, 0.4) is 0 Å². The number of aliphatic imine (C=N–C) groups is 2. The van der Waals surface area contributed by atoms with Crippen molar-refractivity contribution in [3.8, 4) is 0 Å². The van der Waals surface area contributed by atoms with Crippen LogP contribution in [0.5, 0.6) is 0 Å². The van der Waals surface area contributed by atoms with E-state index in [0.29, 0.717) is 36.4 Å². The lowest BCUT2D eigenvalue weighted by atomic mass is 10.2. The second kappa shape index (κ2) is 12.1. The summed E-state index contributed by atoms with van der Waals surface area (Å²) in [6, 6.07) is 32.0. The molecule has 0 aromatic heterocycles. The number of hydrogen-bond donors (Lipinski definition) is 0. The molecular formula is C30H28N2O4S. The molecule has 0 aliphatic heterocycles. The van der Waals surface area contributed by atoms with Crippen LogP contribution in [-0.4, -0.2) is 33.4 Å². The molecule has 6 nitrogen and oxygen atoms in total. The van der Waals surface area contributed by atoms with Gasteiger partial charge in [0.1, 0.15) is 0 Å². The highest BCUT2D eigenvalue weighted by Gasteiger charge is 2.18. The van der Waals surface area contributed by atoms with Gasteiger partial charge in [-0.05, 0) is 86.6 Å². The Balaban J connectivity index is 1.56. The van der Waals surface area contributed by atoms with Gasteiger partial charge < -0.3 is 9.47 Å². The fourth-order valence-corrected chi connectivity index (χ4v) is 4.83. The largest absolute Gasteiger partial charge is 0.478 e. The van der Waals surface area contributed by atoms with E-state index in [1.165, 1.54) is 0 Å². The molecule has 37 heavy (non-hydrogen) atoms. The van der Waals surface area contributed by atoms with Crippen LogP contribution in [0.15, 0.2) is 129 Å². The number of sulfone groups is 1. The lowest BCUT2D eigenvalue weighted by Gasteiger charge is -2.09. The van der Waals surface area contributed by atoms with E-state index in [-0.39, 0.29) is 9.79 Å². The van der Waals surface area contributed by atoms with Gasteiger partial charge in [0.15, 0.2) is 0 Å². The van der Waals surface area contributed by atoms with E-state index in [0.717, 1.165) is 11.1 Å². The van der Waals surface area contributed by atoms with Crippen LogP contribution in [0, 0.1) is 0 Å². The number of ether oxygens (including phenoxy) is 2. The summed E-state index contributed by atoms with van der Waals surface area (Å²) in [4.78, 5) is 9.49. The van der Waals surface area contributed by atoms with Crippen molar-refractivity contribution in [2.24, 2.45) is 9.98 Å². The minimum Gasteiger partial charge on any atom is -0.478 e. The van der Waals surface area contributed by atoms with Crippen molar-refractivity contribution in [2.75, 3.05) is 13.2 Å². The fourth-order valence-electron chi connectivity index (χ4n) is 3.57. The molecule has 4 rings (SSSR count). The molecule has 0 aliphatic rings. The third kappa shape index (κ3) is 6.51. The summed E-state index contributed by atoms with van der Waals surface area (Å²) in [5, 5.41) is 0. The zero-order valence-corrected chi connectivity index (χ0v) is 21.6. The first-order chi connectivity index (χ1) is 18.0. The van der Waals surface area contributed by atoms with Gasteiger partial charge in [0.25, 0.3) is 0 Å². The zero-order valence-electron chi connectivity index (χ0n) is 20.7. The zero-order chi connectivity index (χ0) is 26.1. The first kappa shape index (κ1) is 25.9. The minimum atomic E-state index is -3.71. The second-order valence-corrected chi connectivity index (χ2v) is 9.87. The summed E-state index contributed by atoms with van der Waals surface area (Å²) in [6.07, 6.45) is 0. The number of hydrogen-bond acceptors (Lipinski definition) is 6. The molecule has 0 saturated heterocycles. The average molecular weight is 513 g/mol. The number of benzene rings is 4. The van der Waals surface area contributed by atoms with Gasteiger partial charge in [-0.3, -0.25) is 0 Å². The van der Waals surface area contributed by atoms with Gasteiger partial charge in [-0.15, -0.1) is 0 Å². The molecule has 0 radical (unpaired) electrons. The molecule has 0 atom stereocenters. The predicted octanol–water partition coefficient (Wildman–Crippen LogP) is 6.75. The molecule has 0 fully saturated rings. The first-order valence-corrected chi connectivity index (χ1v) is 13.5. The Morgan fingerprint density at radius 2 is 0.919 bits per heavy atom. The maximum Gasteiger partial charge on any atom is 0.221 e. The molecule has 0 amide bonds. The molecule has 4 aromatic rings. The quantitative estimate of drug-likeness (QED) is 0.193. The summed E-state index contributed by atoms with van der Waals surface area (Å²) in [5.74, 6) is 0.966. The number of nitrogens with zero attached hydrogens (tertiary/aromatic N) is 2. The van der Waals surface area contributed by atoms with Crippen LogP contribution in [0.4, 0.5) is 11.4 Å². The van der Waals surface area contributed by atoms with E-state index in [4.69, 9.17) is 9.47 Å². The topological polar surface area (TPSA) is 77.3 Å². The van der Waals surface area contributed by atoms with Crippen molar-refractivity contribution >= 4 is 33.0 Å². The van der Waals surface area contributed by atoms with Crippen molar-refractivity contribution in [1.29, 1.82) is 0 Å². The highest BCUT2D eigenvalue weighted by atomic mass is 32.2. The SMILES string of the molecule is CCO/C(=N\c1ccc(S(=O)(=O)c2ccc(/N=C(\OCC)c3ccccc3)cc2)cc1)c1ccccc1. The van der Waals surface area contributed by atoms with E-state index >= 15 is 0 Å². The van der Waals surface area contributed by atoms with Gasteiger partial charge >= 0.3 is 0 Å². The van der Waals surface area contributed by atoms with Crippen molar-refractivity contribution in [3.05, 3.63) is 120 Å². The van der Waals surface area contributed by atoms with Crippen LogP contribution in [0.25, 0.3) is 0 Å². The fraction of sp³-hybridized carbons (Fsp3) is 0.133. The van der Waals surface area contributed by atoms with Gasteiger partial charge in [-0.25, -0.2) is 18.4 Å². The van der Waals surface area contributed by atoms with Crippen LogP contribution in [0.2, 0.25) is 0 Å². The van der Waals surface area contributed by atoms with Crippen LogP contribution in [0.1, 0.15) is 25.0 Å². The van der Waals surface area contributed by atoms with E-state index < -0.39 is 9.84 Å². The van der Waals surface area contributed by atoms with E-state index in [9.17, 15) is 8.42 Å². The van der Waals surface area contributed by atoms with Crippen LogP contribution >= 0.6 is 0 Å². The van der Waals surface area contributed by atoms with E-state index in [2.05, 4.69) is 9.98 Å². The average Bonchev–Trinajstić information content (AvgIpc) is 2.94. The standard InChI is InChI=1S/C30H28N2O4S/c1-3-35-29(23-11-7-5-8-12-23)31-25-15-19-27(20-16-25)37(33,34)28-21-17-26(18-22-28)32-30(36-4-2)24-13-9-6-10-14-24/h5-22H,3-4H2,1-2H3/b31-29-,32-30-. The Morgan fingerprint density at radius 1 is 0.568 bits per heavy atom. The maximum absolute atomic E-state index is 13.2. The Kier molecular flexibility index (Phi) is 8.48. The van der Waals surface area contributed by atoms with Gasteiger partial charge in [-0.2, -0.15) is 0 Å². The monoisotopic (exact) mass is 512 g/mol.